The lowest BCUT2D eigenvalue weighted by Crippen LogP contribution is -2.18. The molecule has 3 aromatic carbocycles. The number of aromatic nitrogens is 4. The Bertz CT molecular complexity index is 1780. The second-order valence-electron chi connectivity index (χ2n) is 9.44. The van der Waals surface area contributed by atoms with Crippen LogP contribution in [0.4, 0.5) is 10.5 Å². The Morgan fingerprint density at radius 1 is 1.10 bits per heavy atom. The summed E-state index contributed by atoms with van der Waals surface area (Å²) >= 11 is 0. The van der Waals surface area contributed by atoms with Crippen molar-refractivity contribution in [1.82, 2.24) is 19.6 Å². The number of methoxy groups -OCH3 is 1. The number of rotatable bonds is 9. The quantitative estimate of drug-likeness (QED) is 0.101. The molecule has 12 heteroatoms. The lowest BCUT2D eigenvalue weighted by Gasteiger charge is -2.16. The molecule has 0 aliphatic rings. The van der Waals surface area contributed by atoms with E-state index in [2.05, 4.69) is 20.0 Å². The van der Waals surface area contributed by atoms with Gasteiger partial charge in [0.05, 0.1) is 23.9 Å². The number of nitro groups is 1. The molecule has 41 heavy (non-hydrogen) atoms. The van der Waals surface area contributed by atoms with E-state index in [0.717, 1.165) is 32.1 Å². The molecule has 1 unspecified atom stereocenters. The van der Waals surface area contributed by atoms with Crippen LogP contribution >= 0.6 is 0 Å². The topological polar surface area (TPSA) is 136 Å². The van der Waals surface area contributed by atoms with Crippen LogP contribution < -0.4 is 4.74 Å². The van der Waals surface area contributed by atoms with Gasteiger partial charge in [-0.2, -0.15) is 4.68 Å². The van der Waals surface area contributed by atoms with Gasteiger partial charge in [-0.1, -0.05) is 16.4 Å². The Morgan fingerprint density at radius 3 is 2.51 bits per heavy atom. The van der Waals surface area contributed by atoms with E-state index in [1.165, 1.54) is 18.5 Å². The molecule has 0 radical (unpaired) electrons. The van der Waals surface area contributed by atoms with Gasteiger partial charge in [-0.05, 0) is 62.7 Å². The molecular weight excluding hydrogens is 528 g/mol. The molecule has 12 nitrogen and oxygen atoms in total. The molecule has 0 saturated carbocycles. The van der Waals surface area contributed by atoms with Crippen LogP contribution in [0.2, 0.25) is 0 Å². The van der Waals surface area contributed by atoms with Crippen molar-refractivity contribution in [3.8, 4) is 5.75 Å². The van der Waals surface area contributed by atoms with E-state index in [-0.39, 0.29) is 11.8 Å². The van der Waals surface area contributed by atoms with Gasteiger partial charge < -0.3 is 14.0 Å². The van der Waals surface area contributed by atoms with Gasteiger partial charge in [0.1, 0.15) is 17.6 Å². The molecule has 0 bridgehead atoms. The highest BCUT2D eigenvalue weighted by atomic mass is 16.7. The zero-order valence-corrected chi connectivity index (χ0v) is 23.0. The number of carbonyl (C=O) groups excluding carboxylic acids is 1. The van der Waals surface area contributed by atoms with Crippen molar-refractivity contribution in [2.45, 2.75) is 33.4 Å². The van der Waals surface area contributed by atoms with Gasteiger partial charge in [0.2, 0.25) is 0 Å². The molecule has 5 aromatic rings. The molecule has 2 heterocycles. The molecule has 0 aliphatic heterocycles. The number of benzene rings is 3. The van der Waals surface area contributed by atoms with Gasteiger partial charge in [-0.3, -0.25) is 15.0 Å². The van der Waals surface area contributed by atoms with E-state index in [1.54, 1.807) is 19.2 Å². The first-order valence-corrected chi connectivity index (χ1v) is 12.9. The summed E-state index contributed by atoms with van der Waals surface area (Å²) in [5.41, 5.74) is 4.36. The van der Waals surface area contributed by atoms with E-state index in [4.69, 9.17) is 14.3 Å². The highest BCUT2D eigenvalue weighted by Gasteiger charge is 2.19. The van der Waals surface area contributed by atoms with E-state index in [0.29, 0.717) is 35.7 Å². The molecule has 5 rings (SSSR count). The monoisotopic (exact) mass is 556 g/mol. The third-order valence-corrected chi connectivity index (χ3v) is 6.67. The van der Waals surface area contributed by atoms with Crippen LogP contribution in [0.15, 0.2) is 72.1 Å². The van der Waals surface area contributed by atoms with Crippen molar-refractivity contribution in [3.63, 3.8) is 0 Å². The fourth-order valence-corrected chi connectivity index (χ4v) is 4.86. The van der Waals surface area contributed by atoms with Crippen LogP contribution in [0.3, 0.4) is 0 Å². The van der Waals surface area contributed by atoms with Crippen molar-refractivity contribution < 1.29 is 24.0 Å². The highest BCUT2D eigenvalue weighted by Crippen LogP contribution is 2.33. The van der Waals surface area contributed by atoms with Crippen LogP contribution in [0.25, 0.3) is 21.8 Å². The molecule has 0 spiro atoms. The normalized spacial score (nSPS) is 12.5. The van der Waals surface area contributed by atoms with E-state index < -0.39 is 11.0 Å². The van der Waals surface area contributed by atoms with Gasteiger partial charge in [-0.25, -0.2) is 4.79 Å². The second-order valence-corrected chi connectivity index (χ2v) is 9.44. The zero-order valence-electron chi connectivity index (χ0n) is 23.0. The largest absolute Gasteiger partial charge is 0.488 e. The Morgan fingerprint density at radius 2 is 1.85 bits per heavy atom. The van der Waals surface area contributed by atoms with Crippen LogP contribution in [0.5, 0.6) is 5.75 Å². The molecule has 2 aromatic heterocycles. The van der Waals surface area contributed by atoms with Crippen molar-refractivity contribution in [2.24, 2.45) is 5.16 Å². The number of aryl methyl sites for hydroxylation is 2. The number of hydrogen-bond acceptors (Lipinski definition) is 9. The first kappa shape index (κ1) is 27.5. The first-order chi connectivity index (χ1) is 19.8. The van der Waals surface area contributed by atoms with Crippen molar-refractivity contribution in [3.05, 3.63) is 93.8 Å². The predicted octanol–water partition coefficient (Wildman–Crippen LogP) is 5.47. The SMILES string of the molecule is CCn1c2ccc(/C(=N/OC(=O)n3ccnn3)c3ccc(OC(C)COC)cc3C)cc2c2cc([N+](=O)[O-])ccc21. The maximum atomic E-state index is 12.6. The molecule has 0 aliphatic carbocycles. The molecule has 0 N–H and O–H groups in total. The first-order valence-electron chi connectivity index (χ1n) is 12.9. The number of fused-ring (bicyclic) bond motifs is 3. The molecule has 0 fully saturated rings. The number of carbonyl (C=O) groups is 1. The summed E-state index contributed by atoms with van der Waals surface area (Å²) in [6, 6.07) is 16.1. The molecule has 0 saturated heterocycles. The lowest BCUT2D eigenvalue weighted by molar-refractivity contribution is -0.384. The summed E-state index contributed by atoms with van der Waals surface area (Å²) in [7, 11) is 1.62. The van der Waals surface area contributed by atoms with Gasteiger partial charge in [-0.15, -0.1) is 5.10 Å². The summed E-state index contributed by atoms with van der Waals surface area (Å²) in [6.45, 7) is 6.95. The van der Waals surface area contributed by atoms with E-state index >= 15 is 0 Å². The number of non-ortho nitro benzene ring substituents is 1. The second kappa shape index (κ2) is 11.6. The maximum absolute atomic E-state index is 12.6. The fraction of sp³-hybridized carbons (Fsp3) is 0.241. The average molecular weight is 557 g/mol. The Hall–Kier alpha value is -5.10. The van der Waals surface area contributed by atoms with Crippen LogP contribution in [-0.2, 0) is 16.1 Å². The smallest absolute Gasteiger partial charge is 0.462 e. The fourth-order valence-electron chi connectivity index (χ4n) is 4.86. The number of oxime groups is 1. The minimum absolute atomic E-state index is 0.00263. The van der Waals surface area contributed by atoms with Gasteiger partial charge >= 0.3 is 6.09 Å². The third kappa shape index (κ3) is 5.50. The average Bonchev–Trinajstić information content (AvgIpc) is 3.60. The Balaban J connectivity index is 1.64. The summed E-state index contributed by atoms with van der Waals surface area (Å²) in [5.74, 6) is 0.656. The standard InChI is InChI=1S/C29H28N6O6/c1-5-33-26-10-6-20(15-24(26)25-16-21(35(37)38)7-11-27(25)33)28(31-41-29(36)34-13-12-30-32-34)23-9-8-22(14-18(23)2)40-19(3)17-39-4/h6-16,19H,5,17H2,1-4H3/b31-28-. The Labute approximate surface area is 234 Å². The summed E-state index contributed by atoms with van der Waals surface area (Å²) in [5, 5.41) is 24.6. The van der Waals surface area contributed by atoms with E-state index in [9.17, 15) is 14.9 Å². The minimum Gasteiger partial charge on any atom is -0.488 e. The predicted molar refractivity (Wildman–Crippen MR) is 152 cm³/mol. The number of nitro benzene ring substituents is 1. The van der Waals surface area contributed by atoms with Gasteiger partial charge in [0.25, 0.3) is 5.69 Å². The van der Waals surface area contributed by atoms with Gasteiger partial charge in [0, 0.05) is 58.7 Å². The van der Waals surface area contributed by atoms with Crippen LogP contribution in [0, 0.1) is 17.0 Å². The van der Waals surface area contributed by atoms with Crippen LogP contribution in [-0.4, -0.2) is 56.1 Å². The van der Waals surface area contributed by atoms with Crippen molar-refractivity contribution in [1.29, 1.82) is 0 Å². The zero-order chi connectivity index (χ0) is 29.1. The number of ether oxygens (including phenoxy) is 2. The molecule has 0 amide bonds. The number of hydrogen-bond donors (Lipinski definition) is 0. The highest BCUT2D eigenvalue weighted by molar-refractivity contribution is 6.17. The minimum atomic E-state index is -0.828. The summed E-state index contributed by atoms with van der Waals surface area (Å²) in [6.07, 6.45) is 1.74. The van der Waals surface area contributed by atoms with Crippen LogP contribution in [0.1, 0.15) is 30.5 Å². The van der Waals surface area contributed by atoms with Crippen molar-refractivity contribution in [2.75, 3.05) is 13.7 Å². The molecular formula is C29H28N6O6. The Kier molecular flexibility index (Phi) is 7.74. The lowest BCUT2D eigenvalue weighted by atomic mass is 9.96. The molecule has 1 atom stereocenters. The maximum Gasteiger partial charge on any atom is 0.462 e. The van der Waals surface area contributed by atoms with E-state index in [1.807, 2.05) is 57.2 Å². The van der Waals surface area contributed by atoms with Gasteiger partial charge in [0.15, 0.2) is 0 Å². The summed E-state index contributed by atoms with van der Waals surface area (Å²) < 4.78 is 14.1. The van der Waals surface area contributed by atoms with Crippen molar-refractivity contribution >= 4 is 39.3 Å². The third-order valence-electron chi connectivity index (χ3n) is 6.67. The molecule has 210 valence electrons. The number of nitrogens with zero attached hydrogens (tertiary/aromatic N) is 6. The summed E-state index contributed by atoms with van der Waals surface area (Å²) in [4.78, 5) is 29.0.